The maximum Gasteiger partial charge on any atom is 0.256 e. The van der Waals surface area contributed by atoms with Crippen LogP contribution in [-0.4, -0.2) is 40.1 Å². The first-order chi connectivity index (χ1) is 8.61. The zero-order valence-electron chi connectivity index (χ0n) is 10.5. The number of aliphatic hydroxyl groups excluding tert-OH is 1. The first-order valence-corrected chi connectivity index (χ1v) is 6.26. The molecule has 2 atom stereocenters. The summed E-state index contributed by atoms with van der Waals surface area (Å²) in [6.45, 7) is 0. The summed E-state index contributed by atoms with van der Waals surface area (Å²) in [6, 6.07) is 1.50. The van der Waals surface area contributed by atoms with E-state index in [0.29, 0.717) is 11.3 Å². The van der Waals surface area contributed by atoms with E-state index in [4.69, 9.17) is 5.73 Å². The summed E-state index contributed by atoms with van der Waals surface area (Å²) in [5, 5.41) is 9.97. The third-order valence-electron chi connectivity index (χ3n) is 3.59. The van der Waals surface area contributed by atoms with Crippen LogP contribution >= 0.6 is 0 Å². The van der Waals surface area contributed by atoms with Gasteiger partial charge in [0.2, 0.25) is 0 Å². The number of amides is 1. The van der Waals surface area contributed by atoms with Crippen LogP contribution in [0.15, 0.2) is 18.5 Å². The van der Waals surface area contributed by atoms with E-state index in [2.05, 4.69) is 4.98 Å². The Morgan fingerprint density at radius 3 is 2.89 bits per heavy atom. The molecule has 1 aliphatic carbocycles. The summed E-state index contributed by atoms with van der Waals surface area (Å²) in [5.41, 5.74) is 6.57. The van der Waals surface area contributed by atoms with Gasteiger partial charge in [0.1, 0.15) is 0 Å². The minimum Gasteiger partial charge on any atom is -0.397 e. The number of anilines is 1. The Morgan fingerprint density at radius 1 is 1.50 bits per heavy atom. The molecule has 18 heavy (non-hydrogen) atoms. The molecular weight excluding hydrogens is 230 g/mol. The van der Waals surface area contributed by atoms with Gasteiger partial charge in [-0.3, -0.25) is 9.78 Å². The van der Waals surface area contributed by atoms with Crippen LogP contribution in [0.5, 0.6) is 0 Å². The van der Waals surface area contributed by atoms with Gasteiger partial charge in [0.05, 0.1) is 29.6 Å². The Hall–Kier alpha value is -1.62. The maximum absolute atomic E-state index is 12.3. The predicted octanol–water partition coefficient (Wildman–Crippen LogP) is 1.04. The van der Waals surface area contributed by atoms with Crippen LogP contribution in [0.3, 0.4) is 0 Å². The van der Waals surface area contributed by atoms with Crippen molar-refractivity contribution in [1.29, 1.82) is 0 Å². The van der Waals surface area contributed by atoms with E-state index in [1.54, 1.807) is 24.2 Å². The summed E-state index contributed by atoms with van der Waals surface area (Å²) in [6.07, 6.45) is 6.26. The lowest BCUT2D eigenvalue weighted by Crippen LogP contribution is -2.46. The van der Waals surface area contributed by atoms with Crippen LogP contribution in [0.1, 0.15) is 36.0 Å². The first-order valence-electron chi connectivity index (χ1n) is 6.26. The lowest BCUT2D eigenvalue weighted by Gasteiger charge is -2.35. The molecule has 1 amide bonds. The number of hydrogen-bond donors (Lipinski definition) is 2. The summed E-state index contributed by atoms with van der Waals surface area (Å²) >= 11 is 0. The third-order valence-corrected chi connectivity index (χ3v) is 3.59. The molecule has 1 aliphatic rings. The van der Waals surface area contributed by atoms with Crippen LogP contribution in [0.2, 0.25) is 0 Å². The van der Waals surface area contributed by atoms with E-state index < -0.39 is 6.10 Å². The Bertz CT molecular complexity index is 436. The van der Waals surface area contributed by atoms with Crippen molar-refractivity contribution in [2.45, 2.75) is 37.8 Å². The Kier molecular flexibility index (Phi) is 3.81. The number of pyridine rings is 1. The Morgan fingerprint density at radius 2 is 2.22 bits per heavy atom. The molecule has 2 rings (SSSR count). The number of carbonyl (C=O) groups is 1. The molecule has 3 N–H and O–H groups in total. The number of carbonyl (C=O) groups excluding carboxylic acids is 1. The molecule has 0 aromatic carbocycles. The normalized spacial score (nSPS) is 23.7. The number of rotatable bonds is 2. The van der Waals surface area contributed by atoms with Crippen LogP contribution in [0.4, 0.5) is 5.69 Å². The molecule has 0 radical (unpaired) electrons. The predicted molar refractivity (Wildman–Crippen MR) is 69.0 cm³/mol. The molecule has 1 aromatic rings. The van der Waals surface area contributed by atoms with Gasteiger partial charge in [-0.1, -0.05) is 12.8 Å². The van der Waals surface area contributed by atoms with Gasteiger partial charge in [-0.15, -0.1) is 0 Å². The van der Waals surface area contributed by atoms with Gasteiger partial charge in [-0.25, -0.2) is 0 Å². The smallest absolute Gasteiger partial charge is 0.256 e. The second kappa shape index (κ2) is 5.35. The van der Waals surface area contributed by atoms with E-state index in [9.17, 15) is 9.90 Å². The third kappa shape index (κ3) is 2.46. The van der Waals surface area contributed by atoms with Crippen molar-refractivity contribution in [3.05, 3.63) is 24.0 Å². The number of hydrogen-bond acceptors (Lipinski definition) is 4. The number of nitrogens with two attached hydrogens (primary N) is 1. The molecule has 0 spiro atoms. The average Bonchev–Trinajstić information content (AvgIpc) is 2.38. The van der Waals surface area contributed by atoms with Crippen molar-refractivity contribution in [1.82, 2.24) is 9.88 Å². The van der Waals surface area contributed by atoms with Gasteiger partial charge in [0.25, 0.3) is 5.91 Å². The van der Waals surface area contributed by atoms with E-state index in [-0.39, 0.29) is 11.9 Å². The molecular formula is C13H19N3O2. The zero-order valence-corrected chi connectivity index (χ0v) is 10.5. The lowest BCUT2D eigenvalue weighted by atomic mass is 9.91. The van der Waals surface area contributed by atoms with Crippen molar-refractivity contribution < 1.29 is 9.90 Å². The van der Waals surface area contributed by atoms with Gasteiger partial charge in [-0.05, 0) is 18.9 Å². The first kappa shape index (κ1) is 12.8. The standard InChI is InChI=1S/C13H19N3O2/c1-16(11-4-2-3-5-12(11)17)13(18)9-6-7-15-8-10(9)14/h6-8,11-12,17H,2-5,14H2,1H3. The largest absolute Gasteiger partial charge is 0.397 e. The van der Waals surface area contributed by atoms with Crippen LogP contribution in [-0.2, 0) is 0 Å². The van der Waals surface area contributed by atoms with Gasteiger partial charge < -0.3 is 15.7 Å². The number of likely N-dealkylation sites (N-methyl/N-ethyl adjacent to an activating group) is 1. The summed E-state index contributed by atoms with van der Waals surface area (Å²) in [7, 11) is 1.72. The molecule has 1 fully saturated rings. The molecule has 1 saturated carbocycles. The minimum absolute atomic E-state index is 0.112. The fourth-order valence-electron chi connectivity index (χ4n) is 2.49. The quantitative estimate of drug-likeness (QED) is 0.820. The highest BCUT2D eigenvalue weighted by Gasteiger charge is 2.30. The number of nitrogen functional groups attached to an aromatic ring is 1. The highest BCUT2D eigenvalue weighted by molar-refractivity contribution is 5.98. The molecule has 0 bridgehead atoms. The second-order valence-electron chi connectivity index (χ2n) is 4.80. The molecule has 0 saturated heterocycles. The van der Waals surface area contributed by atoms with Crippen molar-refractivity contribution in [3.8, 4) is 0 Å². The van der Waals surface area contributed by atoms with Crippen molar-refractivity contribution in [2.24, 2.45) is 0 Å². The second-order valence-corrected chi connectivity index (χ2v) is 4.80. The SMILES string of the molecule is CN(C(=O)c1ccncc1N)C1CCCCC1O. The summed E-state index contributed by atoms with van der Waals surface area (Å²) in [5.74, 6) is -0.152. The number of aromatic nitrogens is 1. The van der Waals surface area contributed by atoms with Crippen LogP contribution in [0, 0.1) is 0 Å². The highest BCUT2D eigenvalue weighted by atomic mass is 16.3. The topological polar surface area (TPSA) is 79.5 Å². The maximum atomic E-state index is 12.3. The Balaban J connectivity index is 2.16. The average molecular weight is 249 g/mol. The lowest BCUT2D eigenvalue weighted by molar-refractivity contribution is 0.0268. The van der Waals surface area contributed by atoms with Crippen LogP contribution < -0.4 is 5.73 Å². The van der Waals surface area contributed by atoms with E-state index in [1.165, 1.54) is 6.20 Å². The molecule has 5 heteroatoms. The molecule has 5 nitrogen and oxygen atoms in total. The highest BCUT2D eigenvalue weighted by Crippen LogP contribution is 2.24. The van der Waals surface area contributed by atoms with Gasteiger partial charge in [0, 0.05) is 13.2 Å². The van der Waals surface area contributed by atoms with Crippen molar-refractivity contribution >= 4 is 11.6 Å². The molecule has 98 valence electrons. The van der Waals surface area contributed by atoms with Gasteiger partial charge in [-0.2, -0.15) is 0 Å². The molecule has 1 heterocycles. The fourth-order valence-corrected chi connectivity index (χ4v) is 2.49. The van der Waals surface area contributed by atoms with Crippen molar-refractivity contribution in [3.63, 3.8) is 0 Å². The molecule has 0 aliphatic heterocycles. The van der Waals surface area contributed by atoms with E-state index in [1.807, 2.05) is 0 Å². The monoisotopic (exact) mass is 249 g/mol. The number of aliphatic hydroxyl groups is 1. The van der Waals surface area contributed by atoms with Gasteiger partial charge >= 0.3 is 0 Å². The van der Waals surface area contributed by atoms with Crippen LogP contribution in [0.25, 0.3) is 0 Å². The van der Waals surface area contributed by atoms with E-state index >= 15 is 0 Å². The Labute approximate surface area is 107 Å². The van der Waals surface area contributed by atoms with Gasteiger partial charge in [0.15, 0.2) is 0 Å². The number of nitrogens with zero attached hydrogens (tertiary/aromatic N) is 2. The zero-order chi connectivity index (χ0) is 13.1. The molecule has 1 aromatic heterocycles. The minimum atomic E-state index is -0.434. The fraction of sp³-hybridized carbons (Fsp3) is 0.538. The van der Waals surface area contributed by atoms with Crippen molar-refractivity contribution in [2.75, 3.05) is 12.8 Å². The summed E-state index contributed by atoms with van der Waals surface area (Å²) < 4.78 is 0. The molecule has 2 unspecified atom stereocenters. The summed E-state index contributed by atoms with van der Waals surface area (Å²) in [4.78, 5) is 17.8. The van der Waals surface area contributed by atoms with E-state index in [0.717, 1.165) is 25.7 Å².